The molecule has 486 valence electrons. The first-order valence-corrected chi connectivity index (χ1v) is 36.4. The molecular formula is C74H132NO8P. The van der Waals surface area contributed by atoms with Crippen LogP contribution < -0.4 is 4.89 Å². The number of nitrogens with zero attached hydrogens (tertiary/aromatic N) is 1. The molecule has 0 aromatic rings. The second kappa shape index (κ2) is 64.4. The molecule has 0 aliphatic rings. The average Bonchev–Trinajstić information content (AvgIpc) is 3.61. The van der Waals surface area contributed by atoms with E-state index in [-0.39, 0.29) is 32.0 Å². The third kappa shape index (κ3) is 68.0. The maximum atomic E-state index is 12.9. The molecule has 0 fully saturated rings. The zero-order valence-corrected chi connectivity index (χ0v) is 56.2. The molecule has 0 radical (unpaired) electrons. The molecule has 0 aromatic heterocycles. The summed E-state index contributed by atoms with van der Waals surface area (Å²) < 4.78 is 34.3. The van der Waals surface area contributed by atoms with E-state index >= 15 is 0 Å². The molecule has 0 bridgehead atoms. The Hall–Kier alpha value is -3.07. The Labute approximate surface area is 519 Å². The van der Waals surface area contributed by atoms with E-state index in [0.717, 1.165) is 83.5 Å². The number of likely N-dealkylation sites (N-methyl/N-ethyl adjacent to an activating group) is 1. The van der Waals surface area contributed by atoms with Gasteiger partial charge in [0.25, 0.3) is 7.82 Å². The van der Waals surface area contributed by atoms with Crippen molar-refractivity contribution in [3.8, 4) is 0 Å². The maximum Gasteiger partial charge on any atom is 0.306 e. The van der Waals surface area contributed by atoms with Gasteiger partial charge in [0.1, 0.15) is 19.8 Å². The summed E-state index contributed by atoms with van der Waals surface area (Å²) in [7, 11) is 1.17. The number of quaternary nitrogens is 1. The number of carbonyl (C=O) groups is 2. The van der Waals surface area contributed by atoms with Crippen LogP contribution in [0, 0.1) is 0 Å². The standard InChI is InChI=1S/C74H132NO8P/c1-6-8-10-12-14-16-18-20-22-24-26-28-30-31-32-33-34-35-36-37-38-39-40-41-42-43-45-47-49-51-53-55-57-59-61-63-65-67-74(77)83-72(71-82-84(78,79)81-69-68-75(3,4)5)70-80-73(76)66-64-62-60-58-56-54-52-50-48-46-44-29-27-25-23-21-19-17-15-13-11-9-7-2/h8,10,14,16,19-22,25-28,31-32,34-35,72H,6-7,9,11-13,15,17-18,23-24,29-30,33,36-71H2,1-5H3/b10-8-,16-14-,21-19-,22-20-,27-25-,28-26-,32-31-,35-34-. The lowest BCUT2D eigenvalue weighted by molar-refractivity contribution is -0.870. The molecule has 0 aromatic carbocycles. The number of esters is 2. The van der Waals surface area contributed by atoms with Crippen molar-refractivity contribution in [1.29, 1.82) is 0 Å². The van der Waals surface area contributed by atoms with E-state index in [0.29, 0.717) is 17.4 Å². The van der Waals surface area contributed by atoms with Gasteiger partial charge in [0.15, 0.2) is 6.10 Å². The van der Waals surface area contributed by atoms with E-state index in [9.17, 15) is 19.0 Å². The van der Waals surface area contributed by atoms with Crippen LogP contribution >= 0.6 is 7.82 Å². The normalized spacial score (nSPS) is 13.7. The molecule has 0 heterocycles. The van der Waals surface area contributed by atoms with E-state index < -0.39 is 26.5 Å². The molecule has 0 rings (SSSR count). The van der Waals surface area contributed by atoms with Crippen molar-refractivity contribution in [2.24, 2.45) is 0 Å². The Bertz CT molecular complexity index is 1740. The van der Waals surface area contributed by atoms with Crippen LogP contribution in [0.5, 0.6) is 0 Å². The van der Waals surface area contributed by atoms with Crippen LogP contribution in [0.25, 0.3) is 0 Å². The van der Waals surface area contributed by atoms with E-state index in [4.69, 9.17) is 18.5 Å². The van der Waals surface area contributed by atoms with Crippen molar-refractivity contribution < 1.29 is 42.1 Å². The van der Waals surface area contributed by atoms with Crippen molar-refractivity contribution in [3.63, 3.8) is 0 Å². The van der Waals surface area contributed by atoms with Crippen LogP contribution in [-0.4, -0.2) is 70.0 Å². The minimum Gasteiger partial charge on any atom is -0.756 e. The van der Waals surface area contributed by atoms with Gasteiger partial charge in [-0.15, -0.1) is 0 Å². The summed E-state index contributed by atoms with van der Waals surface area (Å²) in [6, 6.07) is 0. The first kappa shape index (κ1) is 80.9. The molecule has 84 heavy (non-hydrogen) atoms. The Morgan fingerprint density at radius 1 is 0.381 bits per heavy atom. The number of hydrogen-bond donors (Lipinski definition) is 0. The minimum absolute atomic E-state index is 0.0326. The molecule has 2 atom stereocenters. The van der Waals surface area contributed by atoms with E-state index in [1.807, 2.05) is 21.1 Å². The van der Waals surface area contributed by atoms with E-state index in [2.05, 4.69) is 111 Å². The second-order valence-electron chi connectivity index (χ2n) is 24.5. The number of allylic oxidation sites excluding steroid dienone is 16. The molecular weight excluding hydrogens is 1060 g/mol. The van der Waals surface area contributed by atoms with Gasteiger partial charge in [0.05, 0.1) is 27.7 Å². The number of carbonyl (C=O) groups excluding carboxylic acids is 2. The van der Waals surface area contributed by atoms with Crippen molar-refractivity contribution in [3.05, 3.63) is 97.2 Å². The van der Waals surface area contributed by atoms with Crippen molar-refractivity contribution in [2.75, 3.05) is 47.5 Å². The predicted molar refractivity (Wildman–Crippen MR) is 360 cm³/mol. The number of phosphoric ester groups is 1. The second-order valence-corrected chi connectivity index (χ2v) is 25.9. The molecule has 0 aliphatic carbocycles. The largest absolute Gasteiger partial charge is 0.756 e. The van der Waals surface area contributed by atoms with Gasteiger partial charge in [0, 0.05) is 12.8 Å². The molecule has 10 heteroatoms. The highest BCUT2D eigenvalue weighted by Crippen LogP contribution is 2.38. The quantitative estimate of drug-likeness (QED) is 0.0195. The number of rotatable bonds is 64. The maximum absolute atomic E-state index is 12.9. The molecule has 0 saturated heterocycles. The Morgan fingerprint density at radius 3 is 1.01 bits per heavy atom. The van der Waals surface area contributed by atoms with Gasteiger partial charge in [-0.05, 0) is 96.3 Å². The Morgan fingerprint density at radius 2 is 0.679 bits per heavy atom. The molecule has 0 N–H and O–H groups in total. The van der Waals surface area contributed by atoms with Gasteiger partial charge in [-0.1, -0.05) is 297 Å². The van der Waals surface area contributed by atoms with Crippen molar-refractivity contribution in [2.45, 2.75) is 315 Å². The molecule has 2 unspecified atom stereocenters. The fourth-order valence-corrected chi connectivity index (χ4v) is 10.5. The van der Waals surface area contributed by atoms with Crippen LogP contribution in [-0.2, 0) is 32.7 Å². The third-order valence-electron chi connectivity index (χ3n) is 15.1. The average molecular weight is 1190 g/mol. The Balaban J connectivity index is 4.01. The number of phosphoric acid groups is 1. The van der Waals surface area contributed by atoms with Gasteiger partial charge in [-0.3, -0.25) is 14.2 Å². The SMILES string of the molecule is CC/C=C\C/C=C\C/C=C\C/C=C\C/C=C\C/C=C\CCCCCCCCCCCCCCCCCCCCC(=O)OC(COC(=O)CCCCCCCCCCCCC/C=C\C/C=C\CCCCCCC)COP(=O)([O-])OCC[N+](C)(C)C. The molecule has 9 nitrogen and oxygen atoms in total. The topological polar surface area (TPSA) is 111 Å². The molecule has 0 amide bonds. The van der Waals surface area contributed by atoms with Gasteiger partial charge in [0.2, 0.25) is 0 Å². The minimum atomic E-state index is -4.64. The molecule has 0 aliphatic heterocycles. The summed E-state index contributed by atoms with van der Waals surface area (Å²) in [5.74, 6) is -0.826. The highest BCUT2D eigenvalue weighted by atomic mass is 31.2. The smallest absolute Gasteiger partial charge is 0.306 e. The van der Waals surface area contributed by atoms with E-state index in [1.165, 1.54) is 193 Å². The number of unbranched alkanes of at least 4 members (excludes halogenated alkanes) is 34. The van der Waals surface area contributed by atoms with Gasteiger partial charge in [-0.25, -0.2) is 0 Å². The summed E-state index contributed by atoms with van der Waals surface area (Å²) >= 11 is 0. The summed E-state index contributed by atoms with van der Waals surface area (Å²) in [6.45, 7) is 4.15. The summed E-state index contributed by atoms with van der Waals surface area (Å²) in [6.07, 6.45) is 89.1. The van der Waals surface area contributed by atoms with Crippen LogP contribution in [0.1, 0.15) is 309 Å². The van der Waals surface area contributed by atoms with E-state index in [1.54, 1.807) is 0 Å². The fourth-order valence-electron chi connectivity index (χ4n) is 9.75. The van der Waals surface area contributed by atoms with Crippen LogP contribution in [0.15, 0.2) is 97.2 Å². The van der Waals surface area contributed by atoms with Gasteiger partial charge < -0.3 is 27.9 Å². The monoisotopic (exact) mass is 1190 g/mol. The van der Waals surface area contributed by atoms with Crippen molar-refractivity contribution in [1.82, 2.24) is 0 Å². The summed E-state index contributed by atoms with van der Waals surface area (Å²) in [4.78, 5) is 38.0. The van der Waals surface area contributed by atoms with Crippen LogP contribution in [0.2, 0.25) is 0 Å². The highest BCUT2D eigenvalue weighted by Gasteiger charge is 2.22. The van der Waals surface area contributed by atoms with Crippen LogP contribution in [0.4, 0.5) is 0 Å². The van der Waals surface area contributed by atoms with Crippen LogP contribution in [0.3, 0.4) is 0 Å². The first-order valence-electron chi connectivity index (χ1n) is 34.9. The zero-order chi connectivity index (χ0) is 61.2. The Kier molecular flexibility index (Phi) is 62.1. The molecule has 0 saturated carbocycles. The summed E-state index contributed by atoms with van der Waals surface area (Å²) in [5, 5.41) is 0. The van der Waals surface area contributed by atoms with Gasteiger partial charge >= 0.3 is 11.9 Å². The lowest BCUT2D eigenvalue weighted by atomic mass is 10.0. The number of ether oxygens (including phenoxy) is 2. The van der Waals surface area contributed by atoms with Gasteiger partial charge in [-0.2, -0.15) is 0 Å². The predicted octanol–water partition coefficient (Wildman–Crippen LogP) is 22.1. The first-order chi connectivity index (χ1) is 41.0. The summed E-state index contributed by atoms with van der Waals surface area (Å²) in [5.41, 5.74) is 0. The zero-order valence-electron chi connectivity index (χ0n) is 55.3. The lowest BCUT2D eigenvalue weighted by Crippen LogP contribution is -2.37. The van der Waals surface area contributed by atoms with Crippen molar-refractivity contribution >= 4 is 19.8 Å². The third-order valence-corrected chi connectivity index (χ3v) is 16.1. The fraction of sp³-hybridized carbons (Fsp3) is 0.757. The lowest BCUT2D eigenvalue weighted by Gasteiger charge is -2.28. The molecule has 0 spiro atoms. The number of hydrogen-bond acceptors (Lipinski definition) is 8. The highest BCUT2D eigenvalue weighted by molar-refractivity contribution is 7.45.